The number of hydrogen-bond acceptors (Lipinski definition) is 5. The van der Waals surface area contributed by atoms with Crippen LogP contribution in [0.4, 0.5) is 0 Å². The first kappa shape index (κ1) is 14.2. The summed E-state index contributed by atoms with van der Waals surface area (Å²) in [5.41, 5.74) is 7.44. The van der Waals surface area contributed by atoms with Crippen molar-refractivity contribution in [2.24, 2.45) is 12.8 Å². The van der Waals surface area contributed by atoms with Gasteiger partial charge < -0.3 is 10.5 Å². The smallest absolute Gasteiger partial charge is 0.341 e. The van der Waals surface area contributed by atoms with Gasteiger partial charge >= 0.3 is 5.97 Å². The third-order valence-electron chi connectivity index (χ3n) is 2.75. The first-order valence-electron chi connectivity index (χ1n) is 6.01. The Balaban J connectivity index is 2.48. The Morgan fingerprint density at radius 2 is 2.25 bits per heavy atom. The molecule has 0 atom stereocenters. The number of aryl methyl sites for hydroxylation is 2. The van der Waals surface area contributed by atoms with Gasteiger partial charge in [-0.05, 0) is 13.8 Å². The van der Waals surface area contributed by atoms with E-state index in [4.69, 9.17) is 22.7 Å². The summed E-state index contributed by atoms with van der Waals surface area (Å²) in [6.07, 6.45) is 3.00. The lowest BCUT2D eigenvalue weighted by Crippen LogP contribution is -2.15. The van der Waals surface area contributed by atoms with E-state index in [9.17, 15) is 4.79 Å². The highest BCUT2D eigenvalue weighted by atomic mass is 32.1. The predicted octanol–water partition coefficient (Wildman–Crippen LogP) is 0.725. The van der Waals surface area contributed by atoms with Crippen LogP contribution in [0.5, 0.6) is 0 Å². The van der Waals surface area contributed by atoms with Crippen LogP contribution in [0, 0.1) is 6.92 Å². The molecule has 0 aliphatic rings. The van der Waals surface area contributed by atoms with Gasteiger partial charge in [-0.2, -0.15) is 10.2 Å². The topological polar surface area (TPSA) is 88.0 Å². The lowest BCUT2D eigenvalue weighted by atomic mass is 10.2. The quantitative estimate of drug-likeness (QED) is 0.660. The molecule has 0 aliphatic carbocycles. The van der Waals surface area contributed by atoms with Crippen LogP contribution in [0.3, 0.4) is 0 Å². The molecule has 8 heteroatoms. The summed E-state index contributed by atoms with van der Waals surface area (Å²) >= 11 is 5.04. The standard InChI is InChI=1S/C12H15N5O2S/c1-4-19-12(18)8-5-14-17(6-8)11-9(10(13)20)7(2)15-16(11)3/h5-6H,4H2,1-3H3,(H2,13,20). The van der Waals surface area contributed by atoms with Crippen LogP contribution in [-0.2, 0) is 11.8 Å². The maximum Gasteiger partial charge on any atom is 0.341 e. The number of aromatic nitrogens is 4. The molecule has 0 saturated heterocycles. The van der Waals surface area contributed by atoms with Crippen LogP contribution in [0.2, 0.25) is 0 Å². The predicted molar refractivity (Wildman–Crippen MR) is 76.9 cm³/mol. The summed E-state index contributed by atoms with van der Waals surface area (Å²) in [7, 11) is 1.76. The summed E-state index contributed by atoms with van der Waals surface area (Å²) < 4.78 is 8.06. The van der Waals surface area contributed by atoms with Crippen LogP contribution in [0.1, 0.15) is 28.5 Å². The molecule has 0 amide bonds. The first-order valence-corrected chi connectivity index (χ1v) is 6.42. The van der Waals surface area contributed by atoms with Crippen molar-refractivity contribution < 1.29 is 9.53 Å². The highest BCUT2D eigenvalue weighted by Gasteiger charge is 2.19. The lowest BCUT2D eigenvalue weighted by Gasteiger charge is -2.05. The van der Waals surface area contributed by atoms with Crippen molar-refractivity contribution in [3.63, 3.8) is 0 Å². The molecule has 0 aromatic carbocycles. The number of esters is 1. The van der Waals surface area contributed by atoms with Crippen LogP contribution >= 0.6 is 12.2 Å². The second-order valence-electron chi connectivity index (χ2n) is 4.17. The Morgan fingerprint density at radius 3 is 2.85 bits per heavy atom. The number of thiocarbonyl (C=S) groups is 1. The number of carbonyl (C=O) groups is 1. The van der Waals surface area contributed by atoms with Crippen LogP contribution in [0.15, 0.2) is 12.4 Å². The maximum absolute atomic E-state index is 11.6. The minimum absolute atomic E-state index is 0.235. The van der Waals surface area contributed by atoms with Crippen molar-refractivity contribution in [2.45, 2.75) is 13.8 Å². The minimum Gasteiger partial charge on any atom is -0.462 e. The van der Waals surface area contributed by atoms with Crippen molar-refractivity contribution in [3.05, 3.63) is 29.2 Å². The Kier molecular flexibility index (Phi) is 3.84. The van der Waals surface area contributed by atoms with Gasteiger partial charge in [0.2, 0.25) is 0 Å². The van der Waals surface area contributed by atoms with Crippen molar-refractivity contribution in [1.29, 1.82) is 0 Å². The van der Waals surface area contributed by atoms with E-state index in [2.05, 4.69) is 10.2 Å². The van der Waals surface area contributed by atoms with E-state index in [-0.39, 0.29) is 4.99 Å². The molecule has 106 valence electrons. The number of ether oxygens (including phenoxy) is 1. The minimum atomic E-state index is -0.422. The zero-order valence-electron chi connectivity index (χ0n) is 11.5. The van der Waals surface area contributed by atoms with E-state index < -0.39 is 5.97 Å². The molecule has 2 aromatic heterocycles. The Hall–Kier alpha value is -2.22. The van der Waals surface area contributed by atoms with Gasteiger partial charge in [-0.15, -0.1) is 0 Å². The second-order valence-corrected chi connectivity index (χ2v) is 4.61. The number of hydrogen-bond donors (Lipinski definition) is 1. The van der Waals surface area contributed by atoms with Gasteiger partial charge in [0.15, 0.2) is 5.82 Å². The SMILES string of the molecule is CCOC(=O)c1cnn(-c2c(C(N)=S)c(C)nn2C)c1. The third-order valence-corrected chi connectivity index (χ3v) is 2.95. The largest absolute Gasteiger partial charge is 0.462 e. The molecule has 2 heterocycles. The molecule has 2 aromatic rings. The van der Waals surface area contributed by atoms with Gasteiger partial charge in [-0.25, -0.2) is 9.48 Å². The van der Waals surface area contributed by atoms with E-state index in [1.165, 1.54) is 10.9 Å². The molecule has 0 radical (unpaired) electrons. The van der Waals surface area contributed by atoms with Gasteiger partial charge in [-0.3, -0.25) is 4.68 Å². The molecule has 0 unspecified atom stereocenters. The average molecular weight is 293 g/mol. The summed E-state index contributed by atoms with van der Waals surface area (Å²) in [5.74, 6) is 0.195. The van der Waals surface area contributed by atoms with E-state index >= 15 is 0 Å². The highest BCUT2D eigenvalue weighted by molar-refractivity contribution is 7.80. The first-order chi connectivity index (χ1) is 9.45. The summed E-state index contributed by atoms with van der Waals surface area (Å²) in [6.45, 7) is 3.87. The van der Waals surface area contributed by atoms with Gasteiger partial charge in [-0.1, -0.05) is 12.2 Å². The fraction of sp³-hybridized carbons (Fsp3) is 0.333. The Bertz CT molecular complexity index is 673. The van der Waals surface area contributed by atoms with Gasteiger partial charge in [0.05, 0.1) is 29.6 Å². The highest BCUT2D eigenvalue weighted by Crippen LogP contribution is 2.18. The normalized spacial score (nSPS) is 10.6. The monoisotopic (exact) mass is 293 g/mol. The average Bonchev–Trinajstić information content (AvgIpc) is 2.93. The molecule has 2 N–H and O–H groups in total. The Morgan fingerprint density at radius 1 is 1.55 bits per heavy atom. The molecular formula is C12H15N5O2S. The second kappa shape index (κ2) is 5.41. The summed E-state index contributed by atoms with van der Waals surface area (Å²) in [5, 5.41) is 8.42. The van der Waals surface area contributed by atoms with E-state index in [0.717, 1.165) is 0 Å². The van der Waals surface area contributed by atoms with Gasteiger partial charge in [0, 0.05) is 13.2 Å². The zero-order chi connectivity index (χ0) is 14.9. The molecule has 20 heavy (non-hydrogen) atoms. The molecule has 7 nitrogen and oxygen atoms in total. The van der Waals surface area contributed by atoms with Crippen molar-refractivity contribution in [2.75, 3.05) is 6.61 Å². The third kappa shape index (κ3) is 2.42. The van der Waals surface area contributed by atoms with Crippen LogP contribution in [-0.4, -0.2) is 37.1 Å². The van der Waals surface area contributed by atoms with Crippen LogP contribution in [0.25, 0.3) is 5.82 Å². The van der Waals surface area contributed by atoms with Crippen molar-refractivity contribution in [3.8, 4) is 5.82 Å². The molecular weight excluding hydrogens is 278 g/mol. The molecule has 2 rings (SSSR count). The number of carbonyl (C=O) groups excluding carboxylic acids is 1. The molecule has 0 bridgehead atoms. The van der Waals surface area contributed by atoms with Gasteiger partial charge in [0.1, 0.15) is 4.99 Å². The van der Waals surface area contributed by atoms with Gasteiger partial charge in [0.25, 0.3) is 0 Å². The van der Waals surface area contributed by atoms with E-state index in [0.29, 0.717) is 29.2 Å². The van der Waals surface area contributed by atoms with Crippen LogP contribution < -0.4 is 5.73 Å². The fourth-order valence-electron chi connectivity index (χ4n) is 1.96. The van der Waals surface area contributed by atoms with E-state index in [1.807, 2.05) is 6.92 Å². The Labute approximate surface area is 121 Å². The van der Waals surface area contributed by atoms with Crippen molar-refractivity contribution in [1.82, 2.24) is 19.6 Å². The molecule has 0 aliphatic heterocycles. The zero-order valence-corrected chi connectivity index (χ0v) is 12.3. The molecule has 0 saturated carbocycles. The lowest BCUT2D eigenvalue weighted by molar-refractivity contribution is 0.0526. The number of nitrogens with two attached hydrogens (primary N) is 1. The maximum atomic E-state index is 11.6. The summed E-state index contributed by atoms with van der Waals surface area (Å²) in [4.78, 5) is 11.9. The summed E-state index contributed by atoms with van der Waals surface area (Å²) in [6, 6.07) is 0. The number of rotatable bonds is 4. The molecule has 0 fully saturated rings. The van der Waals surface area contributed by atoms with E-state index in [1.54, 1.807) is 24.9 Å². The molecule has 0 spiro atoms. The van der Waals surface area contributed by atoms with Crippen molar-refractivity contribution >= 4 is 23.2 Å². The fourth-order valence-corrected chi connectivity index (χ4v) is 2.19. The number of nitrogens with zero attached hydrogens (tertiary/aromatic N) is 4.